The van der Waals surface area contributed by atoms with Crippen molar-refractivity contribution in [3.63, 3.8) is 0 Å². The zero-order chi connectivity index (χ0) is 20.8. The number of aryl methyl sites for hydroxylation is 2. The van der Waals surface area contributed by atoms with E-state index in [1.165, 1.54) is 12.1 Å². The highest BCUT2D eigenvalue weighted by Gasteiger charge is 2.11. The van der Waals surface area contributed by atoms with E-state index in [2.05, 4.69) is 10.3 Å². The van der Waals surface area contributed by atoms with E-state index in [0.717, 1.165) is 16.3 Å². The third-order valence-corrected chi connectivity index (χ3v) is 4.83. The van der Waals surface area contributed by atoms with Crippen molar-refractivity contribution in [2.45, 2.75) is 20.5 Å². The number of benzene rings is 2. The van der Waals surface area contributed by atoms with Crippen LogP contribution in [0.3, 0.4) is 0 Å². The molecule has 3 aromatic rings. The van der Waals surface area contributed by atoms with Crippen molar-refractivity contribution in [1.82, 2.24) is 4.98 Å². The fraction of sp³-hybridized carbons (Fsp3) is 0.143. The van der Waals surface area contributed by atoms with Crippen LogP contribution in [0.2, 0.25) is 0 Å². The summed E-state index contributed by atoms with van der Waals surface area (Å²) in [6, 6.07) is 11.9. The molecule has 0 aliphatic carbocycles. The second kappa shape index (κ2) is 9.11. The smallest absolute Gasteiger partial charge is 0.274 e. The van der Waals surface area contributed by atoms with E-state index in [4.69, 9.17) is 4.74 Å². The number of rotatable bonds is 7. The molecule has 29 heavy (non-hydrogen) atoms. The van der Waals surface area contributed by atoms with Crippen molar-refractivity contribution >= 4 is 34.7 Å². The molecule has 7 nitrogen and oxygen atoms in total. The molecule has 0 unspecified atom stereocenters. The van der Waals surface area contributed by atoms with Gasteiger partial charge in [0.2, 0.25) is 5.91 Å². The molecule has 0 radical (unpaired) electrons. The Morgan fingerprint density at radius 2 is 2.10 bits per heavy atom. The Balaban J connectivity index is 1.61. The fourth-order valence-electron chi connectivity index (χ4n) is 2.58. The molecule has 0 saturated heterocycles. The summed E-state index contributed by atoms with van der Waals surface area (Å²) in [6.45, 7) is 3.97. The maximum atomic E-state index is 12.1. The lowest BCUT2D eigenvalue weighted by molar-refractivity contribution is -0.385. The quantitative estimate of drug-likeness (QED) is 0.340. The predicted octanol–water partition coefficient (Wildman–Crippen LogP) is 4.90. The maximum Gasteiger partial charge on any atom is 0.274 e. The number of nitro benzene ring substituents is 1. The molecule has 0 fully saturated rings. The highest BCUT2D eigenvalue weighted by atomic mass is 32.1. The van der Waals surface area contributed by atoms with Crippen LogP contribution in [0, 0.1) is 24.0 Å². The first-order valence-corrected chi connectivity index (χ1v) is 9.66. The first kappa shape index (κ1) is 20.2. The SMILES string of the molecule is Cc1nc(COc2cccc(/C=C/C(=O)Nc3ccc(C)c([N+](=O)[O-])c3)c2)cs1. The molecule has 2 aromatic carbocycles. The van der Waals surface area contributed by atoms with Gasteiger partial charge < -0.3 is 10.1 Å². The van der Waals surface area contributed by atoms with Crippen LogP contribution in [0.4, 0.5) is 11.4 Å². The monoisotopic (exact) mass is 409 g/mol. The molecular weight excluding hydrogens is 390 g/mol. The number of nitrogens with one attached hydrogen (secondary N) is 1. The Labute approximate surface area is 171 Å². The third kappa shape index (κ3) is 5.73. The second-order valence-corrected chi connectivity index (χ2v) is 7.36. The average Bonchev–Trinajstić information content (AvgIpc) is 3.12. The number of aromatic nitrogens is 1. The molecule has 0 atom stereocenters. The molecular formula is C21H19N3O4S. The molecule has 3 rings (SSSR count). The standard InChI is InChI=1S/C21H19N3O4S/c1-14-6-8-17(11-20(14)24(26)27)23-21(25)9-7-16-4-3-5-19(10-16)28-12-18-13-29-15(2)22-18/h3-11,13H,12H2,1-2H3,(H,23,25)/b9-7+. The van der Waals surface area contributed by atoms with E-state index >= 15 is 0 Å². The van der Waals surface area contributed by atoms with Crippen LogP contribution in [0.5, 0.6) is 5.75 Å². The summed E-state index contributed by atoms with van der Waals surface area (Å²) in [4.78, 5) is 27.0. The largest absolute Gasteiger partial charge is 0.487 e. The normalized spacial score (nSPS) is 10.8. The number of ether oxygens (including phenoxy) is 1. The first-order chi connectivity index (χ1) is 13.9. The van der Waals surface area contributed by atoms with Crippen molar-refractivity contribution < 1.29 is 14.5 Å². The molecule has 1 N–H and O–H groups in total. The number of hydrogen-bond acceptors (Lipinski definition) is 6. The van der Waals surface area contributed by atoms with Crippen LogP contribution in [-0.4, -0.2) is 15.8 Å². The van der Waals surface area contributed by atoms with Gasteiger partial charge in [-0.15, -0.1) is 11.3 Å². The Morgan fingerprint density at radius 3 is 2.83 bits per heavy atom. The Hall–Kier alpha value is -3.52. The molecule has 0 aliphatic heterocycles. The van der Waals surface area contributed by atoms with Crippen LogP contribution in [0.25, 0.3) is 6.08 Å². The van der Waals surface area contributed by atoms with E-state index in [1.807, 2.05) is 36.6 Å². The lowest BCUT2D eigenvalue weighted by Gasteiger charge is -2.05. The van der Waals surface area contributed by atoms with Gasteiger partial charge in [-0.1, -0.05) is 18.2 Å². The molecule has 0 saturated carbocycles. The summed E-state index contributed by atoms with van der Waals surface area (Å²) in [5.74, 6) is 0.291. The van der Waals surface area contributed by atoms with Crippen LogP contribution >= 0.6 is 11.3 Å². The summed E-state index contributed by atoms with van der Waals surface area (Å²) in [5.41, 5.74) is 2.54. The molecule has 1 amide bonds. The van der Waals surface area contributed by atoms with Crippen LogP contribution < -0.4 is 10.1 Å². The van der Waals surface area contributed by atoms with Gasteiger partial charge in [-0.25, -0.2) is 4.98 Å². The van der Waals surface area contributed by atoms with Gasteiger partial charge in [0.15, 0.2) is 0 Å². The number of thiazole rings is 1. The molecule has 8 heteroatoms. The summed E-state index contributed by atoms with van der Waals surface area (Å²) in [6.07, 6.45) is 3.02. The molecule has 148 valence electrons. The molecule has 1 aromatic heterocycles. The minimum atomic E-state index is -0.473. The number of carbonyl (C=O) groups excluding carboxylic acids is 1. The minimum absolute atomic E-state index is 0.0352. The average molecular weight is 409 g/mol. The maximum absolute atomic E-state index is 12.1. The van der Waals surface area contributed by atoms with Gasteiger partial charge in [0.1, 0.15) is 12.4 Å². The molecule has 0 aliphatic rings. The predicted molar refractivity (Wildman–Crippen MR) is 113 cm³/mol. The van der Waals surface area contributed by atoms with Crippen LogP contribution in [0.1, 0.15) is 21.8 Å². The molecule has 0 bridgehead atoms. The summed E-state index contributed by atoms with van der Waals surface area (Å²) < 4.78 is 5.74. The van der Waals surface area contributed by atoms with Gasteiger partial charge in [-0.2, -0.15) is 0 Å². The van der Waals surface area contributed by atoms with E-state index in [9.17, 15) is 14.9 Å². The van der Waals surface area contributed by atoms with Crippen LogP contribution in [0.15, 0.2) is 53.9 Å². The highest BCUT2D eigenvalue weighted by Crippen LogP contribution is 2.22. The van der Waals surface area contributed by atoms with Gasteiger partial charge in [0.05, 0.1) is 15.6 Å². The third-order valence-electron chi connectivity index (χ3n) is 4.01. The zero-order valence-corrected chi connectivity index (χ0v) is 16.7. The van der Waals surface area contributed by atoms with Gasteiger partial charge in [-0.3, -0.25) is 14.9 Å². The molecule has 0 spiro atoms. The number of amides is 1. The topological polar surface area (TPSA) is 94.4 Å². The highest BCUT2D eigenvalue weighted by molar-refractivity contribution is 7.09. The van der Waals surface area contributed by atoms with E-state index in [0.29, 0.717) is 23.6 Å². The van der Waals surface area contributed by atoms with Crippen molar-refractivity contribution in [3.8, 4) is 5.75 Å². The van der Waals surface area contributed by atoms with E-state index in [-0.39, 0.29) is 11.6 Å². The summed E-state index contributed by atoms with van der Waals surface area (Å²) in [5, 5.41) is 16.6. The van der Waals surface area contributed by atoms with Gasteiger partial charge >= 0.3 is 0 Å². The van der Waals surface area contributed by atoms with Crippen molar-refractivity contribution in [3.05, 3.63) is 85.9 Å². The van der Waals surface area contributed by atoms with E-state index < -0.39 is 4.92 Å². The van der Waals surface area contributed by atoms with Gasteiger partial charge in [0.25, 0.3) is 5.69 Å². The first-order valence-electron chi connectivity index (χ1n) is 8.79. The Kier molecular flexibility index (Phi) is 6.36. The van der Waals surface area contributed by atoms with Crippen LogP contribution in [-0.2, 0) is 11.4 Å². The Morgan fingerprint density at radius 1 is 1.28 bits per heavy atom. The molecule has 1 heterocycles. The van der Waals surface area contributed by atoms with Gasteiger partial charge in [-0.05, 0) is 43.7 Å². The van der Waals surface area contributed by atoms with E-state index in [1.54, 1.807) is 36.5 Å². The lowest BCUT2D eigenvalue weighted by Crippen LogP contribution is -2.08. The van der Waals surface area contributed by atoms with Gasteiger partial charge in [0, 0.05) is 28.8 Å². The zero-order valence-electron chi connectivity index (χ0n) is 15.9. The minimum Gasteiger partial charge on any atom is -0.487 e. The van der Waals surface area contributed by atoms with Crippen molar-refractivity contribution in [2.24, 2.45) is 0 Å². The van der Waals surface area contributed by atoms with Crippen molar-refractivity contribution in [2.75, 3.05) is 5.32 Å². The summed E-state index contributed by atoms with van der Waals surface area (Å²) in [7, 11) is 0. The summed E-state index contributed by atoms with van der Waals surface area (Å²) >= 11 is 1.57. The number of anilines is 1. The number of carbonyl (C=O) groups is 1. The number of hydrogen-bond donors (Lipinski definition) is 1. The number of nitro groups is 1. The Bertz CT molecular complexity index is 1080. The van der Waals surface area contributed by atoms with Crippen molar-refractivity contribution in [1.29, 1.82) is 0 Å². The second-order valence-electron chi connectivity index (χ2n) is 6.30. The fourth-order valence-corrected chi connectivity index (χ4v) is 3.18. The lowest BCUT2D eigenvalue weighted by atomic mass is 10.2. The number of nitrogens with zero attached hydrogens (tertiary/aromatic N) is 2.